The molecule has 0 bridgehead atoms. The third-order valence-corrected chi connectivity index (χ3v) is 3.52. The van der Waals surface area contributed by atoms with Crippen LogP contribution in [-0.2, 0) is 11.2 Å². The summed E-state index contributed by atoms with van der Waals surface area (Å²) in [7, 11) is 1.62. The van der Waals surface area contributed by atoms with Crippen LogP contribution in [0.15, 0.2) is 42.5 Å². The standard InChI is InChI=1S/C18H20F2N2O2/c1-24-16-8-3-2-5-13(16)9-11-21-12-10-17(23)22-18-14(19)6-4-7-15(18)20/h2-8,21H,9-12H2,1H3,(H,22,23). The Hall–Kier alpha value is -2.47. The molecule has 0 radical (unpaired) electrons. The summed E-state index contributed by atoms with van der Waals surface area (Å²) in [5, 5.41) is 5.38. The minimum absolute atomic E-state index is 0.125. The van der Waals surface area contributed by atoms with Crippen molar-refractivity contribution in [3.05, 3.63) is 59.7 Å². The van der Waals surface area contributed by atoms with Gasteiger partial charge in [0.1, 0.15) is 23.1 Å². The third kappa shape index (κ3) is 5.03. The average Bonchev–Trinajstić information content (AvgIpc) is 2.58. The first kappa shape index (κ1) is 17.9. The molecule has 0 saturated carbocycles. The lowest BCUT2D eigenvalue weighted by molar-refractivity contribution is -0.116. The molecule has 0 atom stereocenters. The molecule has 0 saturated heterocycles. The Kier molecular flexibility index (Phi) is 6.69. The van der Waals surface area contributed by atoms with E-state index in [1.165, 1.54) is 6.07 Å². The Labute approximate surface area is 139 Å². The fraction of sp³-hybridized carbons (Fsp3) is 0.278. The van der Waals surface area contributed by atoms with Gasteiger partial charge in [0.05, 0.1) is 7.11 Å². The number of nitrogens with one attached hydrogen (secondary N) is 2. The molecule has 0 aromatic heterocycles. The van der Waals surface area contributed by atoms with E-state index in [0.717, 1.165) is 29.9 Å². The molecule has 2 aromatic carbocycles. The molecular weight excluding hydrogens is 314 g/mol. The number of anilines is 1. The van der Waals surface area contributed by atoms with Gasteiger partial charge in [-0.1, -0.05) is 24.3 Å². The van der Waals surface area contributed by atoms with Gasteiger partial charge in [-0.25, -0.2) is 8.78 Å². The molecule has 24 heavy (non-hydrogen) atoms. The van der Waals surface area contributed by atoms with Gasteiger partial charge in [0.2, 0.25) is 5.91 Å². The molecule has 0 unspecified atom stereocenters. The van der Waals surface area contributed by atoms with Crippen molar-refractivity contribution in [2.45, 2.75) is 12.8 Å². The number of benzene rings is 2. The van der Waals surface area contributed by atoms with Gasteiger partial charge in [0, 0.05) is 13.0 Å². The highest BCUT2D eigenvalue weighted by atomic mass is 19.1. The van der Waals surface area contributed by atoms with Crippen LogP contribution in [0.3, 0.4) is 0 Å². The van der Waals surface area contributed by atoms with Crippen molar-refractivity contribution in [1.82, 2.24) is 5.32 Å². The molecule has 0 aliphatic heterocycles. The summed E-state index contributed by atoms with van der Waals surface area (Å²) in [6, 6.07) is 11.2. The van der Waals surface area contributed by atoms with Crippen LogP contribution in [0.2, 0.25) is 0 Å². The molecule has 0 aliphatic carbocycles. The van der Waals surface area contributed by atoms with E-state index in [-0.39, 0.29) is 6.42 Å². The first-order valence-electron chi connectivity index (χ1n) is 7.68. The first-order valence-corrected chi connectivity index (χ1v) is 7.68. The number of hydrogen-bond acceptors (Lipinski definition) is 3. The molecular formula is C18H20F2N2O2. The van der Waals surface area contributed by atoms with Gasteiger partial charge in [0.25, 0.3) is 0 Å². The molecule has 0 fully saturated rings. The van der Waals surface area contributed by atoms with E-state index in [0.29, 0.717) is 13.1 Å². The molecule has 2 aromatic rings. The number of carbonyl (C=O) groups is 1. The molecule has 2 N–H and O–H groups in total. The molecule has 0 heterocycles. The first-order chi connectivity index (χ1) is 11.6. The van der Waals surface area contributed by atoms with E-state index in [4.69, 9.17) is 4.74 Å². The molecule has 128 valence electrons. The Morgan fingerprint density at radius 2 is 1.75 bits per heavy atom. The lowest BCUT2D eigenvalue weighted by Gasteiger charge is -2.10. The smallest absolute Gasteiger partial charge is 0.225 e. The van der Waals surface area contributed by atoms with E-state index < -0.39 is 23.2 Å². The van der Waals surface area contributed by atoms with Crippen molar-refractivity contribution in [2.24, 2.45) is 0 Å². The van der Waals surface area contributed by atoms with Crippen LogP contribution in [-0.4, -0.2) is 26.1 Å². The molecule has 0 spiro atoms. The van der Waals surface area contributed by atoms with Crippen molar-refractivity contribution >= 4 is 11.6 Å². The van der Waals surface area contributed by atoms with Crippen molar-refractivity contribution in [3.63, 3.8) is 0 Å². The maximum atomic E-state index is 13.4. The number of rotatable bonds is 8. The number of hydrogen-bond donors (Lipinski definition) is 2. The van der Waals surface area contributed by atoms with Gasteiger partial charge < -0.3 is 15.4 Å². The number of amides is 1. The van der Waals surface area contributed by atoms with Gasteiger partial charge in [-0.15, -0.1) is 0 Å². The van der Waals surface area contributed by atoms with Crippen LogP contribution in [0.25, 0.3) is 0 Å². The van der Waals surface area contributed by atoms with Crippen LogP contribution < -0.4 is 15.4 Å². The zero-order chi connectivity index (χ0) is 17.4. The quantitative estimate of drug-likeness (QED) is 0.729. The predicted octanol–water partition coefficient (Wildman–Crippen LogP) is 3.13. The maximum absolute atomic E-state index is 13.4. The van der Waals surface area contributed by atoms with Crippen molar-refractivity contribution in [2.75, 3.05) is 25.5 Å². The zero-order valence-corrected chi connectivity index (χ0v) is 13.4. The van der Waals surface area contributed by atoms with Gasteiger partial charge in [-0.05, 0) is 36.7 Å². The summed E-state index contributed by atoms with van der Waals surface area (Å²) in [6.45, 7) is 1.08. The van der Waals surface area contributed by atoms with Gasteiger partial charge in [-0.3, -0.25) is 4.79 Å². The van der Waals surface area contributed by atoms with Crippen molar-refractivity contribution in [1.29, 1.82) is 0 Å². The normalized spacial score (nSPS) is 10.5. The van der Waals surface area contributed by atoms with Gasteiger partial charge in [-0.2, -0.15) is 0 Å². The lowest BCUT2D eigenvalue weighted by atomic mass is 10.1. The number of carbonyl (C=O) groups excluding carboxylic acids is 1. The summed E-state index contributed by atoms with van der Waals surface area (Å²) in [4.78, 5) is 11.7. The second kappa shape index (κ2) is 8.98. The summed E-state index contributed by atoms with van der Waals surface area (Å²) >= 11 is 0. The van der Waals surface area contributed by atoms with Crippen LogP contribution in [0.4, 0.5) is 14.5 Å². The Morgan fingerprint density at radius 3 is 2.46 bits per heavy atom. The monoisotopic (exact) mass is 334 g/mol. The van der Waals surface area contributed by atoms with Crippen LogP contribution in [0.1, 0.15) is 12.0 Å². The predicted molar refractivity (Wildman–Crippen MR) is 89.2 cm³/mol. The summed E-state index contributed by atoms with van der Waals surface area (Å²) < 4.78 is 32.1. The van der Waals surface area contributed by atoms with Crippen molar-refractivity contribution < 1.29 is 18.3 Å². The van der Waals surface area contributed by atoms with E-state index in [2.05, 4.69) is 10.6 Å². The summed E-state index contributed by atoms with van der Waals surface area (Å²) in [5.41, 5.74) is 0.668. The summed E-state index contributed by atoms with van der Waals surface area (Å²) in [6.07, 6.45) is 0.882. The van der Waals surface area contributed by atoms with Crippen LogP contribution in [0, 0.1) is 11.6 Å². The Balaban J connectivity index is 1.71. The number of para-hydroxylation sites is 2. The lowest BCUT2D eigenvalue weighted by Crippen LogP contribution is -2.24. The minimum Gasteiger partial charge on any atom is -0.496 e. The topological polar surface area (TPSA) is 50.4 Å². The SMILES string of the molecule is COc1ccccc1CCNCCC(=O)Nc1c(F)cccc1F. The minimum atomic E-state index is -0.785. The molecule has 2 rings (SSSR count). The highest BCUT2D eigenvalue weighted by molar-refractivity contribution is 5.91. The molecule has 1 amide bonds. The van der Waals surface area contributed by atoms with Gasteiger partial charge >= 0.3 is 0 Å². The summed E-state index contributed by atoms with van der Waals surface area (Å²) in [5.74, 6) is -1.18. The fourth-order valence-electron chi connectivity index (χ4n) is 2.28. The van der Waals surface area contributed by atoms with E-state index in [1.54, 1.807) is 7.11 Å². The zero-order valence-electron chi connectivity index (χ0n) is 13.4. The third-order valence-electron chi connectivity index (χ3n) is 3.52. The number of methoxy groups -OCH3 is 1. The second-order valence-corrected chi connectivity index (χ2v) is 5.21. The number of halogens is 2. The van der Waals surface area contributed by atoms with Gasteiger partial charge in [0.15, 0.2) is 0 Å². The Bertz CT molecular complexity index is 672. The van der Waals surface area contributed by atoms with E-state index in [9.17, 15) is 13.6 Å². The Morgan fingerprint density at radius 1 is 1.04 bits per heavy atom. The maximum Gasteiger partial charge on any atom is 0.225 e. The highest BCUT2D eigenvalue weighted by Gasteiger charge is 2.11. The van der Waals surface area contributed by atoms with Crippen LogP contribution >= 0.6 is 0 Å². The fourth-order valence-corrected chi connectivity index (χ4v) is 2.28. The average molecular weight is 334 g/mol. The molecule has 0 aliphatic rings. The molecule has 4 nitrogen and oxygen atoms in total. The largest absolute Gasteiger partial charge is 0.496 e. The second-order valence-electron chi connectivity index (χ2n) is 5.21. The highest BCUT2D eigenvalue weighted by Crippen LogP contribution is 2.18. The van der Waals surface area contributed by atoms with E-state index >= 15 is 0 Å². The number of ether oxygens (including phenoxy) is 1. The molecule has 6 heteroatoms. The van der Waals surface area contributed by atoms with E-state index in [1.807, 2.05) is 24.3 Å². The van der Waals surface area contributed by atoms with Crippen LogP contribution in [0.5, 0.6) is 5.75 Å². The van der Waals surface area contributed by atoms with Crippen molar-refractivity contribution in [3.8, 4) is 5.75 Å².